The highest BCUT2D eigenvalue weighted by atomic mass is 16.5. The molecule has 7 aliphatic heterocycles. The van der Waals surface area contributed by atoms with Gasteiger partial charge in [0.2, 0.25) is 11.8 Å². The van der Waals surface area contributed by atoms with E-state index in [9.17, 15) is 28.8 Å². The Kier molecular flexibility index (Phi) is 9.90. The summed E-state index contributed by atoms with van der Waals surface area (Å²) in [5, 5.41) is 12.5. The first-order valence-corrected chi connectivity index (χ1v) is 21.1. The number of rotatable bonds is 10. The number of methoxy groups -OCH3 is 1. The second-order valence-corrected chi connectivity index (χ2v) is 17.0. The summed E-state index contributed by atoms with van der Waals surface area (Å²) in [5.41, 5.74) is 5.50. The number of aromatic amines is 1. The Morgan fingerprint density at radius 3 is 2.30 bits per heavy atom. The first-order chi connectivity index (χ1) is 29.6. The molecule has 3 aromatic carbocycles. The van der Waals surface area contributed by atoms with Crippen molar-refractivity contribution in [3.05, 3.63) is 106 Å². The van der Waals surface area contributed by atoms with Crippen molar-refractivity contribution in [3.8, 4) is 0 Å². The van der Waals surface area contributed by atoms with E-state index in [-0.39, 0.29) is 24.7 Å². The topological polar surface area (TPSA) is 181 Å². The molecule has 16 heteroatoms. The molecule has 0 saturated carbocycles. The van der Waals surface area contributed by atoms with Gasteiger partial charge in [-0.2, -0.15) is 5.10 Å². The number of piperazine rings is 1. The molecule has 11 rings (SSSR count). The van der Waals surface area contributed by atoms with Gasteiger partial charge in [0.25, 0.3) is 23.6 Å². The molecule has 2 bridgehead atoms. The van der Waals surface area contributed by atoms with Crippen molar-refractivity contribution < 1.29 is 33.5 Å². The number of ether oxygens (including phenoxy) is 1. The molecule has 1 aromatic heterocycles. The molecule has 5 fully saturated rings. The number of imide groups is 2. The molecule has 6 amide bonds. The first kappa shape index (κ1) is 38.8. The number of hydrogen-bond donors (Lipinski definition) is 3. The molecule has 4 aromatic rings. The summed E-state index contributed by atoms with van der Waals surface area (Å²) < 4.78 is 5.56. The van der Waals surface area contributed by atoms with Gasteiger partial charge in [0.05, 0.1) is 29.9 Å². The number of piperidine rings is 3. The number of hydrogen-bond acceptors (Lipinski definition) is 11. The molecule has 5 saturated heterocycles. The standard InChI is InChI=1S/C45H47N9O7/c1-61-39(27-5-3-2-4-6-27)45(60)52-24-35-36(25-52)48-49-40(35)47-41(56)28-7-9-29(10-8-28)50-17-15-26(16-18-50)21-53-31-19-32(53)23-51(22-31)30-11-12-33-34(20-30)44(59)54(43(33)58)37-13-14-38(55)46-42(37)57/h2-12,20,26,31-32,37,39H,13-19,21-25H2,1H3,(H,46,55,57)(H2,47,48,49,56)/t31?,32?,37?,39-/m1/s1. The molecular weight excluding hydrogens is 779 g/mol. The number of amides is 6. The van der Waals surface area contributed by atoms with Crippen molar-refractivity contribution in [2.24, 2.45) is 5.92 Å². The third-order valence-corrected chi connectivity index (χ3v) is 13.5. The minimum absolute atomic E-state index is 0.0901. The number of anilines is 3. The van der Waals surface area contributed by atoms with Crippen molar-refractivity contribution in [1.29, 1.82) is 0 Å². The summed E-state index contributed by atoms with van der Waals surface area (Å²) in [6.07, 6.45) is 2.81. The normalized spacial score (nSPS) is 23.1. The fourth-order valence-corrected chi connectivity index (χ4v) is 10.1. The zero-order valence-corrected chi connectivity index (χ0v) is 33.8. The van der Waals surface area contributed by atoms with Gasteiger partial charge in [0.1, 0.15) is 6.04 Å². The maximum Gasteiger partial charge on any atom is 0.262 e. The van der Waals surface area contributed by atoms with E-state index >= 15 is 0 Å². The van der Waals surface area contributed by atoms with Crippen LogP contribution in [0.5, 0.6) is 0 Å². The van der Waals surface area contributed by atoms with Crippen molar-refractivity contribution in [1.82, 2.24) is 30.2 Å². The molecule has 61 heavy (non-hydrogen) atoms. The van der Waals surface area contributed by atoms with E-state index in [1.165, 1.54) is 7.11 Å². The fourth-order valence-electron chi connectivity index (χ4n) is 10.1. The summed E-state index contributed by atoms with van der Waals surface area (Å²) in [7, 11) is 1.53. The quantitative estimate of drug-likeness (QED) is 0.199. The van der Waals surface area contributed by atoms with Crippen LogP contribution in [0, 0.1) is 5.92 Å². The van der Waals surface area contributed by atoms with E-state index in [0.717, 1.165) is 85.1 Å². The van der Waals surface area contributed by atoms with E-state index < -0.39 is 35.8 Å². The number of nitrogens with one attached hydrogen (secondary N) is 3. The second kappa shape index (κ2) is 15.6. The monoisotopic (exact) mass is 825 g/mol. The van der Waals surface area contributed by atoms with Gasteiger partial charge in [-0.05, 0) is 79.6 Å². The highest BCUT2D eigenvalue weighted by Gasteiger charge is 2.47. The smallest absolute Gasteiger partial charge is 0.262 e. The van der Waals surface area contributed by atoms with Crippen LogP contribution in [0.1, 0.15) is 86.1 Å². The highest BCUT2D eigenvalue weighted by molar-refractivity contribution is 6.23. The van der Waals surface area contributed by atoms with Crippen LogP contribution in [0.15, 0.2) is 72.8 Å². The van der Waals surface area contributed by atoms with Crippen LogP contribution in [-0.4, -0.2) is 118 Å². The maximum absolute atomic E-state index is 13.4. The zero-order chi connectivity index (χ0) is 41.9. The van der Waals surface area contributed by atoms with Gasteiger partial charge in [-0.25, -0.2) is 0 Å². The summed E-state index contributed by atoms with van der Waals surface area (Å²) in [6.45, 7) is 5.29. The average molecular weight is 826 g/mol. The minimum atomic E-state index is -0.976. The van der Waals surface area contributed by atoms with Gasteiger partial charge in [-0.15, -0.1) is 0 Å². The molecule has 8 heterocycles. The van der Waals surface area contributed by atoms with Crippen LogP contribution in [0.2, 0.25) is 0 Å². The van der Waals surface area contributed by atoms with Crippen molar-refractivity contribution in [2.75, 3.05) is 55.0 Å². The molecule has 16 nitrogen and oxygen atoms in total. The van der Waals surface area contributed by atoms with Crippen LogP contribution in [-0.2, 0) is 32.2 Å². The third-order valence-electron chi connectivity index (χ3n) is 13.5. The summed E-state index contributed by atoms with van der Waals surface area (Å²) in [6, 6.07) is 22.3. The van der Waals surface area contributed by atoms with Gasteiger partial charge >= 0.3 is 0 Å². The lowest BCUT2D eigenvalue weighted by molar-refractivity contribution is -0.143. The lowest BCUT2D eigenvalue weighted by Crippen LogP contribution is -2.69. The van der Waals surface area contributed by atoms with Gasteiger partial charge in [0.15, 0.2) is 11.9 Å². The molecule has 0 aliphatic carbocycles. The molecule has 0 spiro atoms. The van der Waals surface area contributed by atoms with E-state index in [1.807, 2.05) is 60.7 Å². The molecule has 3 N–H and O–H groups in total. The first-order valence-electron chi connectivity index (χ1n) is 21.1. The number of carbonyl (C=O) groups excluding carboxylic acids is 6. The van der Waals surface area contributed by atoms with Gasteiger partial charge in [-0.1, -0.05) is 30.3 Å². The van der Waals surface area contributed by atoms with Gasteiger partial charge in [-0.3, -0.25) is 49.0 Å². The number of carbonyl (C=O) groups is 6. The second-order valence-electron chi connectivity index (χ2n) is 17.0. The Morgan fingerprint density at radius 1 is 0.852 bits per heavy atom. The van der Waals surface area contributed by atoms with Crippen LogP contribution < -0.4 is 20.4 Å². The summed E-state index contributed by atoms with van der Waals surface area (Å²) >= 11 is 0. The predicted molar refractivity (Wildman–Crippen MR) is 223 cm³/mol. The van der Waals surface area contributed by atoms with Crippen molar-refractivity contribution in [2.45, 2.75) is 69.4 Å². The van der Waals surface area contributed by atoms with E-state index in [2.05, 4.69) is 35.5 Å². The van der Waals surface area contributed by atoms with Crippen LogP contribution in [0.25, 0.3) is 0 Å². The van der Waals surface area contributed by atoms with E-state index in [0.29, 0.717) is 53.6 Å². The Hall–Kier alpha value is -6.39. The zero-order valence-electron chi connectivity index (χ0n) is 33.8. The van der Waals surface area contributed by atoms with E-state index in [1.54, 1.807) is 17.0 Å². The van der Waals surface area contributed by atoms with Crippen molar-refractivity contribution in [3.63, 3.8) is 0 Å². The Morgan fingerprint density at radius 2 is 1.57 bits per heavy atom. The Bertz CT molecular complexity index is 2420. The minimum Gasteiger partial charge on any atom is -0.372 e. The summed E-state index contributed by atoms with van der Waals surface area (Å²) in [4.78, 5) is 87.5. The van der Waals surface area contributed by atoms with Gasteiger partial charge < -0.3 is 24.8 Å². The molecule has 314 valence electrons. The average Bonchev–Trinajstić information content (AvgIpc) is 3.95. The van der Waals surface area contributed by atoms with E-state index in [4.69, 9.17) is 4.74 Å². The number of nitrogens with zero attached hydrogens (tertiary/aromatic N) is 6. The Balaban J connectivity index is 0.693. The highest BCUT2D eigenvalue weighted by Crippen LogP contribution is 2.39. The third kappa shape index (κ3) is 7.02. The number of H-pyrrole nitrogens is 1. The molecule has 3 unspecified atom stereocenters. The molecule has 7 aliphatic rings. The SMILES string of the molecule is CO[C@@H](C(=O)N1Cc2[nH]nc(NC(=O)c3ccc(N4CCC(CN5C6CC5CN(c5ccc7c(c5)C(=O)N(C5CCC(=O)NC5=O)C7=O)C6)CC4)cc3)c2C1)c1ccccc1. The van der Waals surface area contributed by atoms with Gasteiger partial charge in [0, 0.05) is 80.8 Å². The Labute approximate surface area is 352 Å². The van der Waals surface area contributed by atoms with Crippen LogP contribution >= 0.6 is 0 Å². The number of fused-ring (bicyclic) bond motifs is 4. The fraction of sp³-hybridized carbons (Fsp3) is 0.400. The molecular formula is C45H47N9O7. The van der Waals surface area contributed by atoms with Crippen molar-refractivity contribution >= 4 is 52.6 Å². The summed E-state index contributed by atoms with van der Waals surface area (Å²) in [5.74, 6) is -1.38. The number of aromatic nitrogens is 2. The lowest BCUT2D eigenvalue weighted by Gasteiger charge is -2.58. The predicted octanol–water partition coefficient (Wildman–Crippen LogP) is 3.47. The maximum atomic E-state index is 13.4. The largest absolute Gasteiger partial charge is 0.372 e. The van der Waals surface area contributed by atoms with Crippen LogP contribution in [0.4, 0.5) is 17.2 Å². The lowest BCUT2D eigenvalue weighted by atomic mass is 9.84. The number of benzene rings is 3. The molecule has 4 atom stereocenters. The molecule has 0 radical (unpaired) electrons. The van der Waals surface area contributed by atoms with Crippen LogP contribution in [0.3, 0.4) is 0 Å².